The third-order valence-electron chi connectivity index (χ3n) is 3.39. The topological polar surface area (TPSA) is 69.6 Å². The van der Waals surface area contributed by atoms with E-state index < -0.39 is 10.2 Å². The van der Waals surface area contributed by atoms with Crippen LogP contribution in [0.15, 0.2) is 18.2 Å². The molecule has 0 fully saturated rings. The van der Waals surface area contributed by atoms with Crippen molar-refractivity contribution in [2.45, 2.75) is 25.7 Å². The quantitative estimate of drug-likeness (QED) is 0.823. The zero-order valence-electron chi connectivity index (χ0n) is 11.1. The summed E-state index contributed by atoms with van der Waals surface area (Å²) in [5.41, 5.74) is 3.16. The molecule has 0 spiro atoms. The molecule has 5 nitrogen and oxygen atoms in total. The van der Waals surface area contributed by atoms with Crippen molar-refractivity contribution in [1.29, 1.82) is 0 Å². The van der Waals surface area contributed by atoms with E-state index in [1.165, 1.54) is 22.5 Å². The summed E-state index contributed by atoms with van der Waals surface area (Å²) in [6, 6.07) is 5.72. The Morgan fingerprint density at radius 1 is 1.32 bits per heavy atom. The first-order valence-electron chi connectivity index (χ1n) is 6.49. The lowest BCUT2D eigenvalue weighted by atomic mass is 10.1. The van der Waals surface area contributed by atoms with Crippen LogP contribution in [0.3, 0.4) is 0 Å². The van der Waals surface area contributed by atoms with Crippen LogP contribution in [0.4, 0.5) is 5.69 Å². The Bertz CT molecular complexity index is 543. The molecule has 0 aromatic heterocycles. The van der Waals surface area contributed by atoms with Gasteiger partial charge in [-0.1, -0.05) is 6.07 Å². The van der Waals surface area contributed by atoms with Crippen molar-refractivity contribution in [3.8, 4) is 0 Å². The molecule has 0 unspecified atom stereocenters. The van der Waals surface area contributed by atoms with Crippen molar-refractivity contribution in [3.63, 3.8) is 0 Å². The second kappa shape index (κ2) is 5.90. The Morgan fingerprint density at radius 3 is 2.79 bits per heavy atom. The summed E-state index contributed by atoms with van der Waals surface area (Å²) in [5, 5.41) is 8.73. The molecular weight excluding hydrogens is 264 g/mol. The van der Waals surface area contributed by atoms with Gasteiger partial charge in [-0.05, 0) is 48.9 Å². The molecule has 0 aliphatic heterocycles. The standard InChI is InChI=1S/C13H20N2O3S/c1-15(8-3-9-16)19(17,18)14-13-7-6-11-4-2-5-12(11)10-13/h6-7,10,14,16H,2-5,8-9H2,1H3. The van der Waals surface area contributed by atoms with Gasteiger partial charge in [0.1, 0.15) is 0 Å². The Hall–Kier alpha value is -1.11. The highest BCUT2D eigenvalue weighted by Crippen LogP contribution is 2.25. The highest BCUT2D eigenvalue weighted by atomic mass is 32.2. The minimum atomic E-state index is -3.53. The van der Waals surface area contributed by atoms with Crippen LogP contribution < -0.4 is 4.72 Å². The number of nitrogens with one attached hydrogen (secondary N) is 1. The summed E-state index contributed by atoms with van der Waals surface area (Å²) in [5.74, 6) is 0. The van der Waals surface area contributed by atoms with Crippen LogP contribution >= 0.6 is 0 Å². The first kappa shape index (κ1) is 14.3. The predicted molar refractivity (Wildman–Crippen MR) is 75.3 cm³/mol. The van der Waals surface area contributed by atoms with E-state index in [-0.39, 0.29) is 6.61 Å². The molecule has 2 rings (SSSR count). The molecular formula is C13H20N2O3S. The van der Waals surface area contributed by atoms with Gasteiger partial charge in [-0.25, -0.2) is 0 Å². The third kappa shape index (κ3) is 3.46. The zero-order valence-corrected chi connectivity index (χ0v) is 11.9. The summed E-state index contributed by atoms with van der Waals surface area (Å²) >= 11 is 0. The van der Waals surface area contributed by atoms with Crippen LogP contribution in [0.25, 0.3) is 0 Å². The van der Waals surface area contributed by atoms with Crippen LogP contribution in [-0.4, -0.2) is 38.0 Å². The fourth-order valence-electron chi connectivity index (χ4n) is 2.28. The van der Waals surface area contributed by atoms with Crippen molar-refractivity contribution >= 4 is 15.9 Å². The molecule has 1 aliphatic rings. The zero-order chi connectivity index (χ0) is 13.9. The summed E-state index contributed by atoms with van der Waals surface area (Å²) in [6.07, 6.45) is 3.67. The molecule has 0 saturated heterocycles. The van der Waals surface area contributed by atoms with E-state index in [1.807, 2.05) is 18.2 Å². The number of hydrogen-bond acceptors (Lipinski definition) is 3. The van der Waals surface area contributed by atoms with E-state index in [0.29, 0.717) is 18.7 Å². The number of aliphatic hydroxyl groups is 1. The lowest BCUT2D eigenvalue weighted by molar-refractivity contribution is 0.276. The summed E-state index contributed by atoms with van der Waals surface area (Å²) in [6.45, 7) is 0.287. The Labute approximate surface area is 114 Å². The van der Waals surface area contributed by atoms with Crippen molar-refractivity contribution < 1.29 is 13.5 Å². The van der Waals surface area contributed by atoms with Crippen LogP contribution in [0.5, 0.6) is 0 Å². The molecule has 0 radical (unpaired) electrons. The minimum absolute atomic E-state index is 0.0152. The summed E-state index contributed by atoms with van der Waals surface area (Å²) in [4.78, 5) is 0. The molecule has 6 heteroatoms. The summed E-state index contributed by atoms with van der Waals surface area (Å²) < 4.78 is 27.9. The van der Waals surface area contributed by atoms with Crippen molar-refractivity contribution in [3.05, 3.63) is 29.3 Å². The van der Waals surface area contributed by atoms with Crippen LogP contribution in [-0.2, 0) is 23.1 Å². The number of anilines is 1. The first-order chi connectivity index (χ1) is 9.03. The van der Waals surface area contributed by atoms with Gasteiger partial charge in [0, 0.05) is 20.2 Å². The third-order valence-corrected chi connectivity index (χ3v) is 4.88. The number of hydrogen-bond donors (Lipinski definition) is 2. The molecule has 2 N–H and O–H groups in total. The minimum Gasteiger partial charge on any atom is -0.396 e. The van der Waals surface area contributed by atoms with Gasteiger partial charge in [0.15, 0.2) is 0 Å². The van der Waals surface area contributed by atoms with Crippen molar-refractivity contribution in [2.75, 3.05) is 24.9 Å². The molecule has 106 valence electrons. The van der Waals surface area contributed by atoms with Gasteiger partial charge in [0.25, 0.3) is 0 Å². The number of aryl methyl sites for hydroxylation is 2. The Balaban J connectivity index is 2.07. The Morgan fingerprint density at radius 2 is 2.05 bits per heavy atom. The van der Waals surface area contributed by atoms with Gasteiger partial charge >= 0.3 is 10.2 Å². The van der Waals surface area contributed by atoms with E-state index in [4.69, 9.17) is 5.11 Å². The SMILES string of the molecule is CN(CCCO)S(=O)(=O)Nc1ccc2c(c1)CCC2. The lowest BCUT2D eigenvalue weighted by Crippen LogP contribution is -2.33. The molecule has 0 amide bonds. The maximum atomic E-state index is 12.0. The number of aliphatic hydroxyl groups excluding tert-OH is 1. The molecule has 1 aliphatic carbocycles. The average molecular weight is 284 g/mol. The Kier molecular flexibility index (Phi) is 4.44. The van der Waals surface area contributed by atoms with Gasteiger partial charge in [0.05, 0.1) is 5.69 Å². The van der Waals surface area contributed by atoms with E-state index >= 15 is 0 Å². The van der Waals surface area contributed by atoms with Crippen molar-refractivity contribution in [2.24, 2.45) is 0 Å². The molecule has 0 bridgehead atoms. The average Bonchev–Trinajstić information content (AvgIpc) is 2.82. The monoisotopic (exact) mass is 284 g/mol. The second-order valence-corrected chi connectivity index (χ2v) is 6.62. The smallest absolute Gasteiger partial charge is 0.301 e. The molecule has 0 saturated carbocycles. The fourth-order valence-corrected chi connectivity index (χ4v) is 3.23. The van der Waals surface area contributed by atoms with Gasteiger partial charge in [-0.15, -0.1) is 0 Å². The van der Waals surface area contributed by atoms with Crippen LogP contribution in [0, 0.1) is 0 Å². The molecule has 0 heterocycles. The maximum Gasteiger partial charge on any atom is 0.301 e. The van der Waals surface area contributed by atoms with E-state index in [0.717, 1.165) is 19.3 Å². The van der Waals surface area contributed by atoms with E-state index in [2.05, 4.69) is 4.72 Å². The van der Waals surface area contributed by atoms with Crippen LogP contribution in [0.2, 0.25) is 0 Å². The number of rotatable bonds is 6. The largest absolute Gasteiger partial charge is 0.396 e. The summed E-state index contributed by atoms with van der Waals surface area (Å²) in [7, 11) is -2.03. The fraction of sp³-hybridized carbons (Fsp3) is 0.538. The highest BCUT2D eigenvalue weighted by molar-refractivity contribution is 7.90. The van der Waals surface area contributed by atoms with Gasteiger partial charge in [-0.3, -0.25) is 4.72 Å². The predicted octanol–water partition coefficient (Wildman–Crippen LogP) is 1.15. The molecule has 19 heavy (non-hydrogen) atoms. The molecule has 0 atom stereocenters. The van der Waals surface area contributed by atoms with Gasteiger partial charge in [-0.2, -0.15) is 12.7 Å². The maximum absolute atomic E-state index is 12.0. The lowest BCUT2D eigenvalue weighted by Gasteiger charge is -2.18. The molecule has 1 aromatic rings. The van der Waals surface area contributed by atoms with Gasteiger partial charge < -0.3 is 5.11 Å². The van der Waals surface area contributed by atoms with Gasteiger partial charge in [0.2, 0.25) is 0 Å². The van der Waals surface area contributed by atoms with E-state index in [9.17, 15) is 8.42 Å². The normalized spacial score (nSPS) is 14.7. The molecule has 1 aromatic carbocycles. The number of benzene rings is 1. The number of nitrogens with zero attached hydrogens (tertiary/aromatic N) is 1. The van der Waals surface area contributed by atoms with E-state index in [1.54, 1.807) is 0 Å². The highest BCUT2D eigenvalue weighted by Gasteiger charge is 2.18. The number of fused-ring (bicyclic) bond motifs is 1. The second-order valence-electron chi connectivity index (χ2n) is 4.84. The van der Waals surface area contributed by atoms with Crippen molar-refractivity contribution in [1.82, 2.24) is 4.31 Å². The van der Waals surface area contributed by atoms with Crippen LogP contribution in [0.1, 0.15) is 24.0 Å². The first-order valence-corrected chi connectivity index (χ1v) is 7.93.